The van der Waals surface area contributed by atoms with Crippen molar-refractivity contribution in [2.75, 3.05) is 32.8 Å². The molecule has 154 valence electrons. The van der Waals surface area contributed by atoms with Crippen LogP contribution in [0, 0.1) is 5.92 Å². The highest BCUT2D eigenvalue weighted by atomic mass is 32.2. The van der Waals surface area contributed by atoms with E-state index in [1.54, 1.807) is 4.90 Å². The molecule has 0 N–H and O–H groups in total. The molecule has 2 aliphatic rings. The molecule has 0 spiro atoms. The maximum Gasteiger partial charge on any atom is 0.338 e. The molecule has 1 aromatic rings. The molecule has 0 aliphatic carbocycles. The summed E-state index contributed by atoms with van der Waals surface area (Å²) in [6.07, 6.45) is 4.71. The van der Waals surface area contributed by atoms with Crippen LogP contribution in [-0.4, -0.2) is 62.3 Å². The maximum atomic E-state index is 12.6. The van der Waals surface area contributed by atoms with E-state index in [2.05, 4.69) is 6.92 Å². The van der Waals surface area contributed by atoms with Crippen molar-refractivity contribution >= 4 is 21.9 Å². The first-order chi connectivity index (χ1) is 13.4. The summed E-state index contributed by atoms with van der Waals surface area (Å²) in [5.74, 6) is -0.198. The Morgan fingerprint density at radius 1 is 1.00 bits per heavy atom. The third kappa shape index (κ3) is 4.91. The quantitative estimate of drug-likeness (QED) is 0.698. The van der Waals surface area contributed by atoms with Crippen LogP contribution < -0.4 is 0 Å². The molecule has 2 fully saturated rings. The van der Waals surface area contributed by atoms with E-state index in [0.29, 0.717) is 32.1 Å². The second-order valence-electron chi connectivity index (χ2n) is 7.63. The van der Waals surface area contributed by atoms with Crippen molar-refractivity contribution in [1.29, 1.82) is 0 Å². The molecule has 3 rings (SSSR count). The van der Waals surface area contributed by atoms with Crippen LogP contribution in [0.1, 0.15) is 49.4 Å². The summed E-state index contributed by atoms with van der Waals surface area (Å²) in [6, 6.07) is 5.72. The fraction of sp³-hybridized carbons (Fsp3) is 0.600. The molecular formula is C20H28N2O5S. The number of hydrogen-bond acceptors (Lipinski definition) is 5. The van der Waals surface area contributed by atoms with E-state index in [1.807, 2.05) is 0 Å². The second kappa shape index (κ2) is 9.05. The third-order valence-electron chi connectivity index (χ3n) is 5.51. The van der Waals surface area contributed by atoms with Gasteiger partial charge in [-0.15, -0.1) is 0 Å². The van der Waals surface area contributed by atoms with Gasteiger partial charge in [0.2, 0.25) is 10.0 Å². The van der Waals surface area contributed by atoms with E-state index >= 15 is 0 Å². The molecule has 1 aromatic carbocycles. The van der Waals surface area contributed by atoms with E-state index in [4.69, 9.17) is 4.74 Å². The maximum absolute atomic E-state index is 12.6. The number of rotatable bonds is 5. The number of carbonyl (C=O) groups excluding carboxylic acids is 2. The predicted molar refractivity (Wildman–Crippen MR) is 104 cm³/mol. The minimum Gasteiger partial charge on any atom is -0.452 e. The smallest absolute Gasteiger partial charge is 0.338 e. The zero-order valence-electron chi connectivity index (χ0n) is 16.3. The Morgan fingerprint density at radius 3 is 2.21 bits per heavy atom. The molecule has 2 aliphatic heterocycles. The molecule has 0 unspecified atom stereocenters. The summed E-state index contributed by atoms with van der Waals surface area (Å²) in [7, 11) is -3.53. The molecule has 0 aromatic heterocycles. The number of piperidine rings is 2. The SMILES string of the molecule is CC1CCN(C(=O)COC(=O)c2ccc(S(=O)(=O)N3CCCCC3)cc2)CC1. The number of ether oxygens (including phenoxy) is 1. The third-order valence-corrected chi connectivity index (χ3v) is 7.42. The van der Waals surface area contributed by atoms with Crippen LogP contribution in [0.5, 0.6) is 0 Å². The van der Waals surface area contributed by atoms with E-state index in [-0.39, 0.29) is 23.0 Å². The molecule has 0 saturated carbocycles. The Bertz CT molecular complexity index is 792. The lowest BCUT2D eigenvalue weighted by Gasteiger charge is -2.30. The first-order valence-corrected chi connectivity index (χ1v) is 11.4. The summed E-state index contributed by atoms with van der Waals surface area (Å²) >= 11 is 0. The Balaban J connectivity index is 1.55. The average molecular weight is 409 g/mol. The molecule has 7 nitrogen and oxygen atoms in total. The topological polar surface area (TPSA) is 84.0 Å². The fourth-order valence-corrected chi connectivity index (χ4v) is 5.09. The average Bonchev–Trinajstić information content (AvgIpc) is 2.73. The monoisotopic (exact) mass is 408 g/mol. The van der Waals surface area contributed by atoms with Gasteiger partial charge in [0.25, 0.3) is 5.91 Å². The Morgan fingerprint density at radius 2 is 1.61 bits per heavy atom. The zero-order chi connectivity index (χ0) is 20.1. The molecule has 2 heterocycles. The number of amides is 1. The van der Waals surface area contributed by atoms with Crippen LogP contribution in [0.2, 0.25) is 0 Å². The molecular weight excluding hydrogens is 380 g/mol. The van der Waals surface area contributed by atoms with E-state index in [9.17, 15) is 18.0 Å². The van der Waals surface area contributed by atoms with Crippen molar-refractivity contribution in [3.05, 3.63) is 29.8 Å². The highest BCUT2D eigenvalue weighted by molar-refractivity contribution is 7.89. The number of esters is 1. The normalized spacial score (nSPS) is 19.4. The van der Waals surface area contributed by atoms with Crippen LogP contribution in [0.4, 0.5) is 0 Å². The van der Waals surface area contributed by atoms with Gasteiger partial charge in [0, 0.05) is 26.2 Å². The van der Waals surface area contributed by atoms with Gasteiger partial charge in [0.1, 0.15) is 0 Å². The number of sulfonamides is 1. The molecule has 0 bridgehead atoms. The van der Waals surface area contributed by atoms with Crippen molar-refractivity contribution < 1.29 is 22.7 Å². The van der Waals surface area contributed by atoms with Crippen molar-refractivity contribution in [1.82, 2.24) is 9.21 Å². The second-order valence-corrected chi connectivity index (χ2v) is 9.57. The summed E-state index contributed by atoms with van der Waals surface area (Å²) in [5, 5.41) is 0. The highest BCUT2D eigenvalue weighted by Crippen LogP contribution is 2.21. The number of likely N-dealkylation sites (tertiary alicyclic amines) is 1. The van der Waals surface area contributed by atoms with Crippen molar-refractivity contribution in [3.8, 4) is 0 Å². The summed E-state index contributed by atoms with van der Waals surface area (Å²) < 4.78 is 31.9. The number of carbonyl (C=O) groups is 2. The van der Waals surface area contributed by atoms with Gasteiger partial charge >= 0.3 is 5.97 Å². The summed E-state index contributed by atoms with van der Waals surface area (Å²) in [4.78, 5) is 26.3. The van der Waals surface area contributed by atoms with Gasteiger partial charge in [-0.05, 0) is 55.9 Å². The predicted octanol–water partition coefficient (Wildman–Crippen LogP) is 2.28. The van der Waals surface area contributed by atoms with Crippen LogP contribution in [0.15, 0.2) is 29.2 Å². The van der Waals surface area contributed by atoms with Crippen LogP contribution in [0.3, 0.4) is 0 Å². The number of nitrogens with zero attached hydrogens (tertiary/aromatic N) is 2. The standard InChI is InChI=1S/C20H28N2O5S/c1-16-9-13-21(14-10-16)19(23)15-27-20(24)17-5-7-18(8-6-17)28(25,26)22-11-3-2-4-12-22/h5-8,16H,2-4,9-15H2,1H3. The lowest BCUT2D eigenvalue weighted by molar-refractivity contribution is -0.135. The van der Waals surface area contributed by atoms with Crippen LogP contribution in [0.25, 0.3) is 0 Å². The van der Waals surface area contributed by atoms with E-state index in [1.165, 1.54) is 28.6 Å². The van der Waals surface area contributed by atoms with Gasteiger partial charge in [-0.2, -0.15) is 4.31 Å². The van der Waals surface area contributed by atoms with Gasteiger partial charge in [-0.1, -0.05) is 13.3 Å². The largest absolute Gasteiger partial charge is 0.452 e. The lowest BCUT2D eigenvalue weighted by atomic mass is 9.99. The first-order valence-electron chi connectivity index (χ1n) is 9.93. The first kappa shape index (κ1) is 20.8. The molecule has 0 atom stereocenters. The summed E-state index contributed by atoms with van der Waals surface area (Å²) in [6.45, 7) is 4.33. The molecule has 2 saturated heterocycles. The minimum absolute atomic E-state index is 0.171. The van der Waals surface area contributed by atoms with Gasteiger partial charge in [-0.25, -0.2) is 13.2 Å². The van der Waals surface area contributed by atoms with Gasteiger partial charge in [0.15, 0.2) is 6.61 Å². The molecule has 28 heavy (non-hydrogen) atoms. The van der Waals surface area contributed by atoms with Gasteiger partial charge < -0.3 is 9.64 Å². The van der Waals surface area contributed by atoms with E-state index in [0.717, 1.165) is 32.1 Å². The highest BCUT2D eigenvalue weighted by Gasteiger charge is 2.26. The summed E-state index contributed by atoms with van der Waals surface area (Å²) in [5.41, 5.74) is 0.234. The Labute approximate surface area is 166 Å². The van der Waals surface area contributed by atoms with Crippen molar-refractivity contribution in [2.24, 2.45) is 5.92 Å². The van der Waals surface area contributed by atoms with Crippen LogP contribution in [-0.2, 0) is 19.6 Å². The van der Waals surface area contributed by atoms with E-state index < -0.39 is 16.0 Å². The molecule has 8 heteroatoms. The van der Waals surface area contributed by atoms with Crippen molar-refractivity contribution in [2.45, 2.75) is 43.9 Å². The van der Waals surface area contributed by atoms with Crippen LogP contribution >= 0.6 is 0 Å². The fourth-order valence-electron chi connectivity index (χ4n) is 3.58. The molecule has 0 radical (unpaired) electrons. The Hall–Kier alpha value is -1.93. The van der Waals surface area contributed by atoms with Gasteiger partial charge in [0.05, 0.1) is 10.5 Å². The number of benzene rings is 1. The molecule has 1 amide bonds. The van der Waals surface area contributed by atoms with Crippen molar-refractivity contribution in [3.63, 3.8) is 0 Å². The Kier molecular flexibility index (Phi) is 6.72. The number of hydrogen-bond donors (Lipinski definition) is 0. The minimum atomic E-state index is -3.53. The lowest BCUT2D eigenvalue weighted by Crippen LogP contribution is -2.40. The van der Waals surface area contributed by atoms with Gasteiger partial charge in [-0.3, -0.25) is 4.79 Å². The zero-order valence-corrected chi connectivity index (χ0v) is 17.1.